The molecule has 0 atom stereocenters. The van der Waals surface area contributed by atoms with Crippen LogP contribution in [0.1, 0.15) is 17.6 Å². The fourth-order valence-electron chi connectivity index (χ4n) is 2.92. The standard InChI is InChI=1S/C19H16F3N3O4/c1-28-13-5-3-12(17(8-13)29-2)10-24(22)18-14-7-11(19(20)21)4-6-15(14)23-9-16(18)25(26)27/h3-9,19H,10H2,1-2H3. The lowest BCUT2D eigenvalue weighted by Gasteiger charge is -2.18. The maximum atomic E-state index is 15.2. The van der Waals surface area contributed by atoms with E-state index in [4.69, 9.17) is 9.47 Å². The normalized spacial score (nSPS) is 11.0. The van der Waals surface area contributed by atoms with Crippen LogP contribution in [0.5, 0.6) is 11.5 Å². The van der Waals surface area contributed by atoms with Crippen LogP contribution in [0, 0.1) is 10.1 Å². The Morgan fingerprint density at radius 3 is 2.55 bits per heavy atom. The molecule has 10 heteroatoms. The maximum absolute atomic E-state index is 15.2. The molecule has 1 aromatic heterocycles. The Morgan fingerprint density at radius 1 is 1.17 bits per heavy atom. The summed E-state index contributed by atoms with van der Waals surface area (Å²) in [7, 11) is 2.85. The number of pyridine rings is 1. The second-order valence-electron chi connectivity index (χ2n) is 6.02. The van der Waals surface area contributed by atoms with Crippen molar-refractivity contribution in [1.82, 2.24) is 4.98 Å². The summed E-state index contributed by atoms with van der Waals surface area (Å²) in [5.41, 5.74) is -0.963. The number of hydrogen-bond acceptors (Lipinski definition) is 6. The van der Waals surface area contributed by atoms with Crippen LogP contribution in [-0.2, 0) is 6.54 Å². The third kappa shape index (κ3) is 4.00. The molecule has 0 radical (unpaired) electrons. The van der Waals surface area contributed by atoms with Gasteiger partial charge in [-0.15, -0.1) is 0 Å². The van der Waals surface area contributed by atoms with E-state index in [1.54, 1.807) is 12.1 Å². The van der Waals surface area contributed by atoms with E-state index < -0.39 is 34.8 Å². The minimum Gasteiger partial charge on any atom is -0.497 e. The van der Waals surface area contributed by atoms with Gasteiger partial charge in [-0.2, -0.15) is 5.12 Å². The number of alkyl halides is 2. The van der Waals surface area contributed by atoms with E-state index in [0.29, 0.717) is 17.1 Å². The Bertz CT molecular complexity index is 1060. The number of halogens is 3. The number of nitrogens with zero attached hydrogens (tertiary/aromatic N) is 3. The number of anilines is 1. The molecular weight excluding hydrogens is 391 g/mol. The van der Waals surface area contributed by atoms with Crippen molar-refractivity contribution in [3.8, 4) is 11.5 Å². The Hall–Kier alpha value is -3.56. The lowest BCUT2D eigenvalue weighted by Crippen LogP contribution is -2.14. The average molecular weight is 407 g/mol. The number of rotatable bonds is 7. The van der Waals surface area contributed by atoms with Gasteiger partial charge in [-0.25, -0.2) is 13.8 Å². The van der Waals surface area contributed by atoms with Crippen molar-refractivity contribution in [3.05, 3.63) is 63.8 Å². The van der Waals surface area contributed by atoms with Gasteiger partial charge in [-0.05, 0) is 24.3 Å². The summed E-state index contributed by atoms with van der Waals surface area (Å²) in [5, 5.41) is 11.5. The van der Waals surface area contributed by atoms with Crippen LogP contribution < -0.4 is 14.6 Å². The first kappa shape index (κ1) is 20.2. The molecule has 2 aromatic carbocycles. The van der Waals surface area contributed by atoms with Crippen molar-refractivity contribution >= 4 is 22.3 Å². The highest BCUT2D eigenvalue weighted by Crippen LogP contribution is 2.38. The van der Waals surface area contributed by atoms with E-state index in [1.165, 1.54) is 26.4 Å². The Kier molecular flexibility index (Phi) is 5.71. The van der Waals surface area contributed by atoms with Gasteiger partial charge in [0.2, 0.25) is 0 Å². The summed E-state index contributed by atoms with van der Waals surface area (Å²) in [6.45, 7) is -0.425. The van der Waals surface area contributed by atoms with Gasteiger partial charge in [0.05, 0.1) is 31.2 Å². The Balaban J connectivity index is 2.12. The average Bonchev–Trinajstić information content (AvgIpc) is 2.72. The minimum absolute atomic E-state index is 0.0908. The van der Waals surface area contributed by atoms with Crippen LogP contribution in [-0.4, -0.2) is 24.1 Å². The molecule has 1 heterocycles. The van der Waals surface area contributed by atoms with Crippen molar-refractivity contribution in [2.75, 3.05) is 19.3 Å². The van der Waals surface area contributed by atoms with Crippen LogP contribution in [0.3, 0.4) is 0 Å². The molecule has 3 aromatic rings. The largest absolute Gasteiger partial charge is 0.497 e. The number of ether oxygens (including phenoxy) is 2. The molecule has 0 saturated carbocycles. The smallest absolute Gasteiger partial charge is 0.313 e. The van der Waals surface area contributed by atoms with Crippen molar-refractivity contribution in [2.45, 2.75) is 13.0 Å². The molecule has 0 spiro atoms. The van der Waals surface area contributed by atoms with Crippen molar-refractivity contribution in [2.24, 2.45) is 0 Å². The molecule has 152 valence electrons. The van der Waals surface area contributed by atoms with Gasteiger partial charge in [0, 0.05) is 22.6 Å². The number of benzene rings is 2. The highest BCUT2D eigenvalue weighted by atomic mass is 19.3. The van der Waals surface area contributed by atoms with E-state index in [1.807, 2.05) is 0 Å². The first-order chi connectivity index (χ1) is 13.8. The SMILES string of the molecule is COc1ccc(CN(F)c2c([N+](=O)[O-])cnc3ccc(C(F)F)cc23)c(OC)c1. The van der Waals surface area contributed by atoms with Gasteiger partial charge in [0.25, 0.3) is 6.43 Å². The molecule has 29 heavy (non-hydrogen) atoms. The Morgan fingerprint density at radius 2 is 1.93 bits per heavy atom. The van der Waals surface area contributed by atoms with Crippen LogP contribution >= 0.6 is 0 Å². The molecule has 0 fully saturated rings. The second-order valence-corrected chi connectivity index (χ2v) is 6.02. The summed E-state index contributed by atoms with van der Waals surface area (Å²) in [6.07, 6.45) is -1.92. The summed E-state index contributed by atoms with van der Waals surface area (Å²) in [4.78, 5) is 14.5. The summed E-state index contributed by atoms with van der Waals surface area (Å²) < 4.78 is 51.8. The minimum atomic E-state index is -2.82. The maximum Gasteiger partial charge on any atom is 0.313 e. The third-order valence-electron chi connectivity index (χ3n) is 4.34. The number of hydrogen-bond donors (Lipinski definition) is 0. The van der Waals surface area contributed by atoms with Gasteiger partial charge in [-0.3, -0.25) is 10.1 Å². The first-order valence-corrected chi connectivity index (χ1v) is 8.35. The van der Waals surface area contributed by atoms with Crippen molar-refractivity contribution in [1.29, 1.82) is 0 Å². The molecule has 7 nitrogen and oxygen atoms in total. The van der Waals surface area contributed by atoms with E-state index >= 15 is 4.48 Å². The van der Waals surface area contributed by atoms with Gasteiger partial charge < -0.3 is 9.47 Å². The van der Waals surface area contributed by atoms with E-state index in [-0.39, 0.29) is 16.0 Å². The molecular formula is C19H16F3N3O4. The predicted molar refractivity (Wildman–Crippen MR) is 100 cm³/mol. The molecule has 0 aliphatic heterocycles. The third-order valence-corrected chi connectivity index (χ3v) is 4.34. The van der Waals surface area contributed by atoms with Crippen LogP contribution in [0.25, 0.3) is 10.9 Å². The van der Waals surface area contributed by atoms with Gasteiger partial charge in [0.15, 0.2) is 5.69 Å². The summed E-state index contributed by atoms with van der Waals surface area (Å²) in [6, 6.07) is 8.09. The molecule has 0 unspecified atom stereocenters. The van der Waals surface area contributed by atoms with E-state index in [0.717, 1.165) is 18.3 Å². The van der Waals surface area contributed by atoms with Crippen LogP contribution in [0.2, 0.25) is 0 Å². The molecule has 0 N–H and O–H groups in total. The van der Waals surface area contributed by atoms with Gasteiger partial charge >= 0.3 is 5.69 Å². The highest BCUT2D eigenvalue weighted by molar-refractivity contribution is 5.96. The summed E-state index contributed by atoms with van der Waals surface area (Å²) >= 11 is 0. The van der Waals surface area contributed by atoms with E-state index in [9.17, 15) is 18.9 Å². The molecule has 0 bridgehead atoms. The number of nitro groups is 1. The lowest BCUT2D eigenvalue weighted by molar-refractivity contribution is -0.384. The lowest BCUT2D eigenvalue weighted by atomic mass is 10.1. The predicted octanol–water partition coefficient (Wildman–Crippen LogP) is 4.99. The van der Waals surface area contributed by atoms with Crippen LogP contribution in [0.15, 0.2) is 42.6 Å². The molecule has 0 amide bonds. The molecule has 0 aliphatic carbocycles. The summed E-state index contributed by atoms with van der Waals surface area (Å²) in [5.74, 6) is 0.791. The first-order valence-electron chi connectivity index (χ1n) is 8.35. The van der Waals surface area contributed by atoms with Crippen LogP contribution in [0.4, 0.5) is 24.6 Å². The van der Waals surface area contributed by atoms with Gasteiger partial charge in [0.1, 0.15) is 17.7 Å². The second kappa shape index (κ2) is 8.21. The fourth-order valence-corrected chi connectivity index (χ4v) is 2.92. The number of fused-ring (bicyclic) bond motifs is 1. The van der Waals surface area contributed by atoms with Gasteiger partial charge in [-0.1, -0.05) is 10.5 Å². The molecule has 0 aliphatic rings. The highest BCUT2D eigenvalue weighted by Gasteiger charge is 2.26. The Labute approximate surface area is 163 Å². The quantitative estimate of drug-likeness (QED) is 0.312. The topological polar surface area (TPSA) is 77.7 Å². The monoisotopic (exact) mass is 407 g/mol. The molecule has 3 rings (SSSR count). The van der Waals surface area contributed by atoms with Crippen molar-refractivity contribution < 1.29 is 27.7 Å². The van der Waals surface area contributed by atoms with Crippen molar-refractivity contribution in [3.63, 3.8) is 0 Å². The number of aromatic nitrogens is 1. The zero-order valence-electron chi connectivity index (χ0n) is 15.4. The number of methoxy groups -OCH3 is 2. The fraction of sp³-hybridized carbons (Fsp3) is 0.211. The zero-order chi connectivity index (χ0) is 21.1. The van der Waals surface area contributed by atoms with E-state index in [2.05, 4.69) is 4.98 Å². The molecule has 0 saturated heterocycles. The zero-order valence-corrected chi connectivity index (χ0v) is 15.4.